The lowest BCUT2D eigenvalue weighted by atomic mass is 10.1. The Morgan fingerprint density at radius 2 is 1.80 bits per heavy atom. The zero-order chi connectivity index (χ0) is 21.3. The summed E-state index contributed by atoms with van der Waals surface area (Å²) >= 11 is 5.99. The number of hydrogen-bond donors (Lipinski definition) is 3. The van der Waals surface area contributed by atoms with E-state index in [0.29, 0.717) is 30.2 Å². The molecule has 0 saturated carbocycles. The van der Waals surface area contributed by atoms with Crippen molar-refractivity contribution in [1.82, 2.24) is 15.3 Å². The number of aldehydes is 1. The van der Waals surface area contributed by atoms with Crippen molar-refractivity contribution in [3.05, 3.63) is 82.0 Å². The molecule has 0 saturated heterocycles. The number of nitrogens with one attached hydrogen (secondary N) is 3. The predicted molar refractivity (Wildman–Crippen MR) is 118 cm³/mol. The average molecular weight is 424 g/mol. The molecule has 7 nitrogen and oxygen atoms in total. The number of aromatic nitrogens is 2. The van der Waals surface area contributed by atoms with Gasteiger partial charge in [-0.05, 0) is 30.2 Å². The Bertz CT molecular complexity index is 1020. The largest absolute Gasteiger partial charge is 0.361 e. The third kappa shape index (κ3) is 6.56. The first-order chi connectivity index (χ1) is 14.5. The van der Waals surface area contributed by atoms with Gasteiger partial charge in [-0.25, -0.2) is 4.98 Å². The van der Waals surface area contributed by atoms with Crippen LogP contribution in [0.4, 0.5) is 11.8 Å². The molecule has 3 aromatic rings. The summed E-state index contributed by atoms with van der Waals surface area (Å²) < 4.78 is 0. The lowest BCUT2D eigenvalue weighted by Crippen LogP contribution is -2.29. The lowest BCUT2D eigenvalue weighted by Gasteiger charge is -2.10. The number of hydrogen-bond acceptors (Lipinski definition) is 6. The topological polar surface area (TPSA) is 96.0 Å². The van der Waals surface area contributed by atoms with Crippen LogP contribution in [0.25, 0.3) is 0 Å². The summed E-state index contributed by atoms with van der Waals surface area (Å²) in [6.45, 7) is 2.92. The quantitative estimate of drug-likeness (QED) is 0.455. The molecule has 0 aliphatic carbocycles. The molecule has 0 unspecified atom stereocenters. The second kappa shape index (κ2) is 10.4. The Morgan fingerprint density at radius 1 is 1.00 bits per heavy atom. The highest BCUT2D eigenvalue weighted by Gasteiger charge is 2.07. The van der Waals surface area contributed by atoms with Crippen molar-refractivity contribution in [3.8, 4) is 0 Å². The molecule has 1 amide bonds. The zero-order valence-electron chi connectivity index (χ0n) is 16.5. The fraction of sp³-hybridized carbons (Fsp3) is 0.182. The maximum atomic E-state index is 12.1. The van der Waals surface area contributed by atoms with Gasteiger partial charge in [0.15, 0.2) is 6.29 Å². The number of aryl methyl sites for hydroxylation is 1. The summed E-state index contributed by atoms with van der Waals surface area (Å²) in [5, 5.41) is 9.47. The van der Waals surface area contributed by atoms with Gasteiger partial charge in [0.05, 0.1) is 6.54 Å². The number of benzene rings is 2. The first-order valence-corrected chi connectivity index (χ1v) is 9.78. The van der Waals surface area contributed by atoms with Crippen LogP contribution >= 0.6 is 11.6 Å². The van der Waals surface area contributed by atoms with Crippen LogP contribution in [-0.4, -0.2) is 28.7 Å². The first kappa shape index (κ1) is 21.3. The van der Waals surface area contributed by atoms with E-state index in [9.17, 15) is 9.59 Å². The van der Waals surface area contributed by atoms with Crippen molar-refractivity contribution in [2.45, 2.75) is 20.0 Å². The molecule has 1 heterocycles. The van der Waals surface area contributed by atoms with E-state index >= 15 is 0 Å². The summed E-state index contributed by atoms with van der Waals surface area (Å²) in [4.78, 5) is 31.8. The Hall–Kier alpha value is -3.45. The zero-order valence-corrected chi connectivity index (χ0v) is 17.2. The number of amides is 1. The monoisotopic (exact) mass is 423 g/mol. The van der Waals surface area contributed by atoms with Gasteiger partial charge in [-0.1, -0.05) is 53.6 Å². The molecule has 3 N–H and O–H groups in total. The van der Waals surface area contributed by atoms with E-state index in [-0.39, 0.29) is 24.1 Å². The second-order valence-electron chi connectivity index (χ2n) is 6.72. The average Bonchev–Trinajstić information content (AvgIpc) is 2.76. The van der Waals surface area contributed by atoms with Gasteiger partial charge < -0.3 is 16.0 Å². The molecule has 1 aromatic heterocycles. The van der Waals surface area contributed by atoms with Crippen molar-refractivity contribution in [2.24, 2.45) is 0 Å². The number of carbonyl (C=O) groups excluding carboxylic acids is 2. The molecule has 0 spiro atoms. The van der Waals surface area contributed by atoms with Crippen molar-refractivity contribution >= 4 is 35.6 Å². The molecule has 0 radical (unpaired) electrons. The number of anilines is 2. The second-order valence-corrected chi connectivity index (χ2v) is 7.16. The van der Waals surface area contributed by atoms with E-state index in [4.69, 9.17) is 11.6 Å². The van der Waals surface area contributed by atoms with E-state index in [0.717, 1.165) is 11.1 Å². The first-order valence-electron chi connectivity index (χ1n) is 9.40. The van der Waals surface area contributed by atoms with Gasteiger partial charge in [0, 0.05) is 24.2 Å². The molecule has 30 heavy (non-hydrogen) atoms. The molecular weight excluding hydrogens is 402 g/mol. The SMILES string of the molecule is Cc1ccc(CNC(=O)CNc2cc(C=O)nc(NCc3cccc(Cl)c3)n2)cc1. The van der Waals surface area contributed by atoms with Gasteiger partial charge >= 0.3 is 0 Å². The maximum absolute atomic E-state index is 12.1. The number of carbonyl (C=O) groups is 2. The van der Waals surface area contributed by atoms with Crippen LogP contribution < -0.4 is 16.0 Å². The Labute approximate surface area is 179 Å². The van der Waals surface area contributed by atoms with E-state index in [1.165, 1.54) is 11.6 Å². The van der Waals surface area contributed by atoms with Gasteiger partial charge in [-0.2, -0.15) is 4.98 Å². The van der Waals surface area contributed by atoms with E-state index in [2.05, 4.69) is 25.9 Å². The van der Waals surface area contributed by atoms with E-state index in [1.54, 1.807) is 6.07 Å². The van der Waals surface area contributed by atoms with Crippen molar-refractivity contribution in [1.29, 1.82) is 0 Å². The smallest absolute Gasteiger partial charge is 0.239 e. The Kier molecular flexibility index (Phi) is 7.34. The van der Waals surface area contributed by atoms with Crippen molar-refractivity contribution in [3.63, 3.8) is 0 Å². The molecule has 0 bridgehead atoms. The molecule has 8 heteroatoms. The fourth-order valence-corrected chi connectivity index (χ4v) is 2.88. The lowest BCUT2D eigenvalue weighted by molar-refractivity contribution is -0.119. The van der Waals surface area contributed by atoms with Crippen LogP contribution in [0.3, 0.4) is 0 Å². The van der Waals surface area contributed by atoms with Gasteiger partial charge in [0.1, 0.15) is 11.5 Å². The summed E-state index contributed by atoms with van der Waals surface area (Å²) in [6.07, 6.45) is 0.634. The molecule has 2 aromatic carbocycles. The minimum atomic E-state index is -0.185. The van der Waals surface area contributed by atoms with Crippen LogP contribution in [-0.2, 0) is 17.9 Å². The van der Waals surface area contributed by atoms with Gasteiger partial charge in [0.2, 0.25) is 11.9 Å². The molecular formula is C22H22ClN5O2. The van der Waals surface area contributed by atoms with Gasteiger partial charge in [-0.15, -0.1) is 0 Å². The molecule has 3 rings (SSSR count). The predicted octanol–water partition coefficient (Wildman–Crippen LogP) is 3.59. The third-order valence-electron chi connectivity index (χ3n) is 4.25. The van der Waals surface area contributed by atoms with Crippen molar-refractivity contribution < 1.29 is 9.59 Å². The molecule has 0 fully saturated rings. The highest BCUT2D eigenvalue weighted by Crippen LogP contribution is 2.13. The Morgan fingerprint density at radius 3 is 2.53 bits per heavy atom. The summed E-state index contributed by atoms with van der Waals surface area (Å²) in [5.41, 5.74) is 3.35. The normalized spacial score (nSPS) is 10.3. The van der Waals surface area contributed by atoms with Crippen LogP contribution in [0, 0.1) is 6.92 Å². The van der Waals surface area contributed by atoms with Gasteiger partial charge in [-0.3, -0.25) is 9.59 Å². The third-order valence-corrected chi connectivity index (χ3v) is 4.48. The van der Waals surface area contributed by atoms with Crippen LogP contribution in [0.2, 0.25) is 5.02 Å². The molecule has 0 aliphatic rings. The van der Waals surface area contributed by atoms with E-state index in [1.807, 2.05) is 49.4 Å². The van der Waals surface area contributed by atoms with Crippen LogP contribution in [0.15, 0.2) is 54.6 Å². The van der Waals surface area contributed by atoms with E-state index < -0.39 is 0 Å². The summed E-state index contributed by atoms with van der Waals surface area (Å²) in [6, 6.07) is 16.8. The molecule has 0 aliphatic heterocycles. The minimum absolute atomic E-state index is 0.0227. The number of halogens is 1. The number of nitrogens with zero attached hydrogens (tertiary/aromatic N) is 2. The maximum Gasteiger partial charge on any atom is 0.239 e. The Balaban J connectivity index is 1.55. The van der Waals surface area contributed by atoms with Crippen molar-refractivity contribution in [2.75, 3.05) is 17.2 Å². The van der Waals surface area contributed by atoms with Crippen LogP contribution in [0.5, 0.6) is 0 Å². The number of rotatable bonds is 9. The molecule has 0 atom stereocenters. The highest BCUT2D eigenvalue weighted by molar-refractivity contribution is 6.30. The fourth-order valence-electron chi connectivity index (χ4n) is 2.66. The standard InChI is InChI=1S/C22H22ClN5O2/c1-15-5-7-16(8-6-15)11-25-21(30)13-24-20-10-19(14-29)27-22(28-20)26-12-17-3-2-4-18(23)9-17/h2-10,14H,11-13H2,1H3,(H,25,30)(H2,24,26,27,28). The van der Waals surface area contributed by atoms with Crippen LogP contribution in [0.1, 0.15) is 27.2 Å². The molecule has 154 valence electrons. The highest BCUT2D eigenvalue weighted by atomic mass is 35.5. The minimum Gasteiger partial charge on any atom is -0.361 e. The summed E-state index contributed by atoms with van der Waals surface area (Å²) in [7, 11) is 0. The summed E-state index contributed by atoms with van der Waals surface area (Å²) in [5.74, 6) is 0.476. The van der Waals surface area contributed by atoms with Gasteiger partial charge in [0.25, 0.3) is 0 Å².